The number of nitrogens with zero attached hydrogens (tertiary/aromatic N) is 2. The maximum atomic E-state index is 11.3. The van der Waals surface area contributed by atoms with Crippen molar-refractivity contribution in [3.05, 3.63) is 54.4 Å². The summed E-state index contributed by atoms with van der Waals surface area (Å²) in [5.41, 5.74) is 2.68. The van der Waals surface area contributed by atoms with Crippen LogP contribution in [0.2, 0.25) is 0 Å². The van der Waals surface area contributed by atoms with Gasteiger partial charge in [-0.1, -0.05) is 18.2 Å². The monoisotopic (exact) mass is 256 g/mol. The van der Waals surface area contributed by atoms with Crippen LogP contribution in [0.4, 0.5) is 11.4 Å². The minimum Gasteiger partial charge on any atom is -0.480 e. The van der Waals surface area contributed by atoms with Gasteiger partial charge in [0.25, 0.3) is 0 Å². The van der Waals surface area contributed by atoms with Crippen molar-refractivity contribution in [1.29, 1.82) is 0 Å². The van der Waals surface area contributed by atoms with Crippen LogP contribution >= 0.6 is 0 Å². The summed E-state index contributed by atoms with van der Waals surface area (Å²) in [4.78, 5) is 17.2. The fourth-order valence-corrected chi connectivity index (χ4v) is 2.01. The van der Waals surface area contributed by atoms with Crippen molar-refractivity contribution < 1.29 is 9.90 Å². The Bertz CT molecular complexity index is 569. The van der Waals surface area contributed by atoms with E-state index < -0.39 is 12.0 Å². The first kappa shape index (κ1) is 13.1. The van der Waals surface area contributed by atoms with Gasteiger partial charge in [-0.25, -0.2) is 4.79 Å². The topological polar surface area (TPSA) is 53.4 Å². The molecule has 1 atom stereocenters. The maximum absolute atomic E-state index is 11.3. The molecule has 0 aliphatic carbocycles. The molecule has 1 aromatic carbocycles. The third-order valence-electron chi connectivity index (χ3n) is 3.04. The average Bonchev–Trinajstić information content (AvgIpc) is 2.42. The van der Waals surface area contributed by atoms with Gasteiger partial charge in [-0.2, -0.15) is 0 Å². The van der Waals surface area contributed by atoms with Gasteiger partial charge in [0.1, 0.15) is 6.04 Å². The van der Waals surface area contributed by atoms with E-state index in [0.29, 0.717) is 0 Å². The number of carboxylic acid groups (broad SMARTS) is 1. The number of hydrogen-bond donors (Lipinski definition) is 1. The number of aliphatic carboxylic acids is 1. The summed E-state index contributed by atoms with van der Waals surface area (Å²) in [6, 6.07) is 10.7. The number of aromatic nitrogens is 1. The minimum absolute atomic E-state index is 0.662. The number of para-hydroxylation sites is 1. The van der Waals surface area contributed by atoms with E-state index in [1.165, 1.54) is 0 Å². The molecular formula is C15H16N2O2. The van der Waals surface area contributed by atoms with Gasteiger partial charge in [0.05, 0.1) is 11.9 Å². The Labute approximate surface area is 112 Å². The first-order chi connectivity index (χ1) is 9.11. The number of benzene rings is 1. The first-order valence-electron chi connectivity index (χ1n) is 6.09. The number of hydrogen-bond acceptors (Lipinski definition) is 3. The average molecular weight is 256 g/mol. The lowest BCUT2D eigenvalue weighted by molar-refractivity contribution is -0.137. The molecule has 0 radical (unpaired) electrons. The fraction of sp³-hybridized carbons (Fsp3) is 0.200. The molecule has 0 aliphatic rings. The van der Waals surface area contributed by atoms with Crippen LogP contribution < -0.4 is 4.90 Å². The van der Waals surface area contributed by atoms with Crippen LogP contribution in [-0.2, 0) is 4.79 Å². The summed E-state index contributed by atoms with van der Waals surface area (Å²) < 4.78 is 0. The molecule has 0 bridgehead atoms. The third kappa shape index (κ3) is 2.73. The van der Waals surface area contributed by atoms with Crippen LogP contribution in [0.1, 0.15) is 12.5 Å². The molecule has 2 rings (SSSR count). The van der Waals surface area contributed by atoms with Crippen molar-refractivity contribution in [2.75, 3.05) is 4.90 Å². The highest BCUT2D eigenvalue weighted by Crippen LogP contribution is 2.29. The Hall–Kier alpha value is -2.36. The van der Waals surface area contributed by atoms with E-state index in [4.69, 9.17) is 0 Å². The van der Waals surface area contributed by atoms with E-state index in [2.05, 4.69) is 4.98 Å². The highest BCUT2D eigenvalue weighted by atomic mass is 16.4. The summed E-state index contributed by atoms with van der Waals surface area (Å²) >= 11 is 0. The standard InChI is InChI=1S/C15H16N2O2/c1-11-6-3-4-8-14(11)17(12(2)15(18)19)13-7-5-9-16-10-13/h3-10,12H,1-2H3,(H,18,19)/t12-/m0/s1. The number of carboxylic acids is 1. The van der Waals surface area contributed by atoms with E-state index >= 15 is 0 Å². The normalized spacial score (nSPS) is 11.9. The lowest BCUT2D eigenvalue weighted by atomic mass is 10.1. The lowest BCUT2D eigenvalue weighted by Crippen LogP contribution is -2.35. The minimum atomic E-state index is -0.868. The molecule has 19 heavy (non-hydrogen) atoms. The van der Waals surface area contributed by atoms with Gasteiger partial charge in [0, 0.05) is 11.9 Å². The molecular weight excluding hydrogens is 240 g/mol. The van der Waals surface area contributed by atoms with Crippen molar-refractivity contribution in [2.24, 2.45) is 0 Å². The van der Waals surface area contributed by atoms with E-state index in [-0.39, 0.29) is 0 Å². The largest absolute Gasteiger partial charge is 0.480 e. The molecule has 0 fully saturated rings. The van der Waals surface area contributed by atoms with E-state index in [1.54, 1.807) is 30.3 Å². The number of aryl methyl sites for hydroxylation is 1. The Kier molecular flexibility index (Phi) is 3.80. The van der Waals surface area contributed by atoms with Gasteiger partial charge >= 0.3 is 5.97 Å². The predicted octanol–water partition coefficient (Wildman–Crippen LogP) is 3.00. The molecule has 1 heterocycles. The number of rotatable bonds is 4. The van der Waals surface area contributed by atoms with Gasteiger partial charge in [-0.15, -0.1) is 0 Å². The highest BCUT2D eigenvalue weighted by molar-refractivity contribution is 5.82. The molecule has 0 saturated carbocycles. The van der Waals surface area contributed by atoms with Crippen molar-refractivity contribution in [1.82, 2.24) is 4.98 Å². The number of pyridine rings is 1. The lowest BCUT2D eigenvalue weighted by Gasteiger charge is -2.29. The summed E-state index contributed by atoms with van der Waals surface area (Å²) in [6.07, 6.45) is 3.34. The van der Waals surface area contributed by atoms with Crippen molar-refractivity contribution in [2.45, 2.75) is 19.9 Å². The van der Waals surface area contributed by atoms with Crippen LogP contribution in [0.5, 0.6) is 0 Å². The second-order valence-corrected chi connectivity index (χ2v) is 4.38. The maximum Gasteiger partial charge on any atom is 0.326 e. The molecule has 4 nitrogen and oxygen atoms in total. The quantitative estimate of drug-likeness (QED) is 0.913. The van der Waals surface area contributed by atoms with Crippen LogP contribution in [0.3, 0.4) is 0 Å². The molecule has 0 amide bonds. The van der Waals surface area contributed by atoms with Gasteiger partial charge in [0.15, 0.2) is 0 Å². The van der Waals surface area contributed by atoms with Crippen LogP contribution in [0.25, 0.3) is 0 Å². The Morgan fingerprint density at radius 3 is 2.58 bits per heavy atom. The third-order valence-corrected chi connectivity index (χ3v) is 3.04. The Morgan fingerprint density at radius 1 is 1.26 bits per heavy atom. The Balaban J connectivity index is 2.53. The fourth-order valence-electron chi connectivity index (χ4n) is 2.01. The zero-order valence-electron chi connectivity index (χ0n) is 10.9. The summed E-state index contributed by atoms with van der Waals surface area (Å²) in [6.45, 7) is 3.63. The SMILES string of the molecule is Cc1ccccc1N(c1cccnc1)[C@@H](C)C(=O)O. The molecule has 4 heteroatoms. The number of carbonyl (C=O) groups is 1. The van der Waals surface area contributed by atoms with Crippen LogP contribution in [0, 0.1) is 6.92 Å². The summed E-state index contributed by atoms with van der Waals surface area (Å²) in [5, 5.41) is 9.30. The molecule has 0 saturated heterocycles. The zero-order chi connectivity index (χ0) is 13.8. The molecule has 1 aromatic heterocycles. The van der Waals surface area contributed by atoms with Crippen molar-refractivity contribution in [3.8, 4) is 0 Å². The Morgan fingerprint density at radius 2 is 2.00 bits per heavy atom. The second-order valence-electron chi connectivity index (χ2n) is 4.38. The predicted molar refractivity (Wildman–Crippen MR) is 74.7 cm³/mol. The highest BCUT2D eigenvalue weighted by Gasteiger charge is 2.23. The molecule has 1 N–H and O–H groups in total. The molecule has 0 unspecified atom stereocenters. The summed E-state index contributed by atoms with van der Waals surface area (Å²) in [7, 11) is 0. The van der Waals surface area contributed by atoms with Crippen LogP contribution in [0.15, 0.2) is 48.8 Å². The van der Waals surface area contributed by atoms with E-state index in [0.717, 1.165) is 16.9 Å². The van der Waals surface area contributed by atoms with Gasteiger partial charge in [0.2, 0.25) is 0 Å². The van der Waals surface area contributed by atoms with Gasteiger partial charge in [-0.05, 0) is 37.6 Å². The molecule has 0 aliphatic heterocycles. The van der Waals surface area contributed by atoms with Gasteiger partial charge in [-0.3, -0.25) is 4.98 Å². The van der Waals surface area contributed by atoms with E-state index in [1.807, 2.05) is 37.3 Å². The smallest absolute Gasteiger partial charge is 0.326 e. The van der Waals surface area contributed by atoms with Crippen LogP contribution in [-0.4, -0.2) is 22.1 Å². The second kappa shape index (κ2) is 5.52. The first-order valence-corrected chi connectivity index (χ1v) is 6.09. The molecule has 2 aromatic rings. The van der Waals surface area contributed by atoms with Crippen molar-refractivity contribution in [3.63, 3.8) is 0 Å². The van der Waals surface area contributed by atoms with Gasteiger partial charge < -0.3 is 10.0 Å². The zero-order valence-corrected chi connectivity index (χ0v) is 10.9. The van der Waals surface area contributed by atoms with Crippen molar-refractivity contribution >= 4 is 17.3 Å². The molecule has 98 valence electrons. The molecule has 0 spiro atoms. The number of anilines is 2. The summed E-state index contributed by atoms with van der Waals surface area (Å²) in [5.74, 6) is -0.868. The van der Waals surface area contributed by atoms with E-state index in [9.17, 15) is 9.90 Å².